The van der Waals surface area contributed by atoms with Gasteiger partial charge in [0.2, 0.25) is 0 Å². The van der Waals surface area contributed by atoms with Crippen molar-refractivity contribution in [3.63, 3.8) is 0 Å². The molecule has 0 radical (unpaired) electrons. The van der Waals surface area contributed by atoms with Crippen LogP contribution in [0, 0.1) is 0 Å². The van der Waals surface area contributed by atoms with Gasteiger partial charge in [-0.3, -0.25) is 4.68 Å². The summed E-state index contributed by atoms with van der Waals surface area (Å²) in [5.41, 5.74) is 3.54. The minimum absolute atomic E-state index is 0.0331. The molecule has 1 aliphatic rings. The van der Waals surface area contributed by atoms with E-state index >= 15 is 0 Å². The molecule has 0 bridgehead atoms. The maximum Gasteiger partial charge on any atom is 0.319 e. The molecule has 0 saturated carbocycles. The first kappa shape index (κ1) is 16.4. The lowest BCUT2D eigenvalue weighted by molar-refractivity contribution is 0.169. The van der Waals surface area contributed by atoms with Crippen molar-refractivity contribution in [2.24, 2.45) is 0 Å². The second-order valence-electron chi connectivity index (χ2n) is 6.64. The summed E-state index contributed by atoms with van der Waals surface area (Å²) in [6.07, 6.45) is 0.895. The number of aryl methyl sites for hydroxylation is 1. The standard InChI is InChI=1S/C18H22N6O2/c1-22(2)18(25)23-8-5-9-24-14(12-23)10-13(21-24)11-19-17-20-15-6-3-4-7-16(15)26-17/h3-4,6-7,10H,5,8-9,11-12H2,1-2H3,(H,19,20). The summed E-state index contributed by atoms with van der Waals surface area (Å²) in [7, 11) is 3.56. The van der Waals surface area contributed by atoms with Crippen LogP contribution in [0.25, 0.3) is 11.1 Å². The first-order chi connectivity index (χ1) is 12.6. The molecule has 2 aromatic heterocycles. The average Bonchev–Trinajstić information content (AvgIpc) is 3.16. The number of oxazole rings is 1. The Bertz CT molecular complexity index is 896. The molecule has 8 nitrogen and oxygen atoms in total. The van der Waals surface area contributed by atoms with Crippen LogP contribution in [-0.4, -0.2) is 51.2 Å². The van der Waals surface area contributed by atoms with Gasteiger partial charge in [0.05, 0.1) is 24.5 Å². The van der Waals surface area contributed by atoms with E-state index in [1.807, 2.05) is 39.9 Å². The molecule has 0 aliphatic carbocycles. The second kappa shape index (κ2) is 6.70. The zero-order chi connectivity index (χ0) is 18.1. The highest BCUT2D eigenvalue weighted by Gasteiger charge is 2.21. The molecule has 26 heavy (non-hydrogen) atoms. The highest BCUT2D eigenvalue weighted by Crippen LogP contribution is 2.19. The van der Waals surface area contributed by atoms with Gasteiger partial charge in [0, 0.05) is 27.2 Å². The molecule has 0 atom stereocenters. The lowest BCUT2D eigenvalue weighted by atomic mass is 10.3. The molecule has 3 heterocycles. The summed E-state index contributed by atoms with van der Waals surface area (Å²) in [5, 5.41) is 7.84. The third kappa shape index (κ3) is 3.22. The van der Waals surface area contributed by atoms with Crippen LogP contribution in [0.15, 0.2) is 34.7 Å². The number of carbonyl (C=O) groups is 1. The third-order valence-electron chi connectivity index (χ3n) is 4.43. The molecular weight excluding hydrogens is 332 g/mol. The van der Waals surface area contributed by atoms with Gasteiger partial charge in [0.25, 0.3) is 6.01 Å². The molecule has 2 amide bonds. The Labute approximate surface area is 151 Å². The van der Waals surface area contributed by atoms with Gasteiger partial charge in [0.1, 0.15) is 5.52 Å². The first-order valence-electron chi connectivity index (χ1n) is 8.71. The largest absolute Gasteiger partial charge is 0.424 e. The van der Waals surface area contributed by atoms with Crippen LogP contribution in [0.1, 0.15) is 17.8 Å². The van der Waals surface area contributed by atoms with Crippen LogP contribution in [0.3, 0.4) is 0 Å². The summed E-state index contributed by atoms with van der Waals surface area (Å²) in [6.45, 7) is 2.66. The van der Waals surface area contributed by atoms with Gasteiger partial charge < -0.3 is 19.5 Å². The Morgan fingerprint density at radius 2 is 2.15 bits per heavy atom. The minimum Gasteiger partial charge on any atom is -0.424 e. The van der Waals surface area contributed by atoms with Crippen molar-refractivity contribution in [3.8, 4) is 0 Å². The van der Waals surface area contributed by atoms with Crippen LogP contribution in [0.5, 0.6) is 0 Å². The quantitative estimate of drug-likeness (QED) is 0.782. The Kier molecular flexibility index (Phi) is 4.24. The summed E-state index contributed by atoms with van der Waals surface area (Å²) >= 11 is 0. The van der Waals surface area contributed by atoms with Crippen LogP contribution < -0.4 is 5.32 Å². The molecule has 1 aromatic carbocycles. The van der Waals surface area contributed by atoms with Gasteiger partial charge in [-0.25, -0.2) is 4.79 Å². The number of benzene rings is 1. The van der Waals surface area contributed by atoms with E-state index in [0.29, 0.717) is 19.1 Å². The normalized spacial score (nSPS) is 14.2. The maximum atomic E-state index is 12.3. The van der Waals surface area contributed by atoms with Gasteiger partial charge in [-0.1, -0.05) is 12.1 Å². The van der Waals surface area contributed by atoms with E-state index in [-0.39, 0.29) is 6.03 Å². The summed E-state index contributed by atoms with van der Waals surface area (Å²) in [4.78, 5) is 20.1. The summed E-state index contributed by atoms with van der Waals surface area (Å²) in [6, 6.07) is 10.2. The molecule has 1 aliphatic heterocycles. The third-order valence-corrected chi connectivity index (χ3v) is 4.43. The maximum absolute atomic E-state index is 12.3. The van der Waals surface area contributed by atoms with Crippen molar-refractivity contribution in [3.05, 3.63) is 41.7 Å². The number of fused-ring (bicyclic) bond motifs is 2. The number of hydrogen-bond donors (Lipinski definition) is 1. The number of hydrogen-bond acceptors (Lipinski definition) is 5. The van der Waals surface area contributed by atoms with Crippen LogP contribution in [-0.2, 0) is 19.6 Å². The number of para-hydroxylation sites is 2. The van der Waals surface area contributed by atoms with Gasteiger partial charge in [-0.05, 0) is 24.6 Å². The number of nitrogens with one attached hydrogen (secondary N) is 1. The van der Waals surface area contributed by atoms with Crippen molar-refractivity contribution in [2.75, 3.05) is 26.0 Å². The summed E-state index contributed by atoms with van der Waals surface area (Å²) in [5.74, 6) is 0. The highest BCUT2D eigenvalue weighted by atomic mass is 16.4. The number of nitrogens with zero attached hydrogens (tertiary/aromatic N) is 5. The van der Waals surface area contributed by atoms with Gasteiger partial charge in [-0.15, -0.1) is 0 Å². The van der Waals surface area contributed by atoms with E-state index in [9.17, 15) is 4.79 Å². The zero-order valence-corrected chi connectivity index (χ0v) is 15.0. The van der Waals surface area contributed by atoms with E-state index in [0.717, 1.165) is 42.0 Å². The van der Waals surface area contributed by atoms with Crippen molar-refractivity contribution < 1.29 is 9.21 Å². The van der Waals surface area contributed by atoms with E-state index < -0.39 is 0 Å². The first-order valence-corrected chi connectivity index (χ1v) is 8.71. The summed E-state index contributed by atoms with van der Waals surface area (Å²) < 4.78 is 7.66. The Morgan fingerprint density at radius 3 is 2.96 bits per heavy atom. The molecule has 0 spiro atoms. The van der Waals surface area contributed by atoms with Crippen molar-refractivity contribution in [1.82, 2.24) is 24.6 Å². The van der Waals surface area contributed by atoms with Crippen LogP contribution >= 0.6 is 0 Å². The Morgan fingerprint density at radius 1 is 1.31 bits per heavy atom. The van der Waals surface area contributed by atoms with E-state index in [2.05, 4.69) is 15.4 Å². The minimum atomic E-state index is 0.0331. The Balaban J connectivity index is 1.46. The monoisotopic (exact) mass is 354 g/mol. The lowest BCUT2D eigenvalue weighted by Crippen LogP contribution is -2.38. The predicted molar refractivity (Wildman–Crippen MR) is 97.7 cm³/mol. The highest BCUT2D eigenvalue weighted by molar-refractivity contribution is 5.74. The van der Waals surface area contributed by atoms with E-state index in [1.165, 1.54) is 0 Å². The van der Waals surface area contributed by atoms with Gasteiger partial charge >= 0.3 is 6.03 Å². The molecule has 4 rings (SSSR count). The number of anilines is 1. The van der Waals surface area contributed by atoms with Crippen molar-refractivity contribution in [2.45, 2.75) is 26.1 Å². The van der Waals surface area contributed by atoms with Crippen LogP contribution in [0.2, 0.25) is 0 Å². The van der Waals surface area contributed by atoms with Crippen LogP contribution in [0.4, 0.5) is 10.8 Å². The molecule has 0 unspecified atom stereocenters. The molecular formula is C18H22N6O2. The van der Waals surface area contributed by atoms with Crippen molar-refractivity contribution in [1.29, 1.82) is 0 Å². The average molecular weight is 354 g/mol. The molecule has 0 fully saturated rings. The zero-order valence-electron chi connectivity index (χ0n) is 15.0. The van der Waals surface area contributed by atoms with Gasteiger partial charge in [0.15, 0.2) is 5.58 Å². The number of urea groups is 1. The fourth-order valence-electron chi connectivity index (χ4n) is 3.17. The smallest absolute Gasteiger partial charge is 0.319 e. The number of aromatic nitrogens is 3. The fourth-order valence-corrected chi connectivity index (χ4v) is 3.17. The molecule has 3 aromatic rings. The van der Waals surface area contributed by atoms with E-state index in [1.54, 1.807) is 19.0 Å². The molecule has 136 valence electrons. The van der Waals surface area contributed by atoms with E-state index in [4.69, 9.17) is 4.42 Å². The topological polar surface area (TPSA) is 79.4 Å². The lowest BCUT2D eigenvalue weighted by Gasteiger charge is -2.23. The molecule has 8 heteroatoms. The second-order valence-corrected chi connectivity index (χ2v) is 6.64. The molecule has 1 N–H and O–H groups in total. The number of carbonyl (C=O) groups excluding carboxylic acids is 1. The predicted octanol–water partition coefficient (Wildman–Crippen LogP) is 2.52. The Hall–Kier alpha value is -3.03. The number of amides is 2. The SMILES string of the molecule is CN(C)C(=O)N1CCCn2nc(CNc3nc4ccccc4o3)cc2C1. The van der Waals surface area contributed by atoms with Gasteiger partial charge in [-0.2, -0.15) is 10.1 Å². The molecule has 0 saturated heterocycles. The number of rotatable bonds is 3. The van der Waals surface area contributed by atoms with Crippen molar-refractivity contribution >= 4 is 23.1 Å². The fraction of sp³-hybridized carbons (Fsp3) is 0.389.